The van der Waals surface area contributed by atoms with Gasteiger partial charge in [-0.1, -0.05) is 59.3 Å². The molecule has 0 fully saturated rings. The molecule has 0 aromatic heterocycles. The summed E-state index contributed by atoms with van der Waals surface area (Å²) in [5.41, 5.74) is 0.491. The first-order chi connectivity index (χ1) is 16.6. The van der Waals surface area contributed by atoms with Crippen LogP contribution in [0.2, 0.25) is 0 Å². The van der Waals surface area contributed by atoms with Crippen molar-refractivity contribution in [3.63, 3.8) is 0 Å². The maximum absolute atomic E-state index is 12.4. The van der Waals surface area contributed by atoms with Crippen LogP contribution in [0.25, 0.3) is 0 Å². The summed E-state index contributed by atoms with van der Waals surface area (Å²) in [6, 6.07) is 14.2. The maximum Gasteiger partial charge on any atom is 0.343 e. The van der Waals surface area contributed by atoms with Crippen molar-refractivity contribution in [3.8, 4) is 17.2 Å². The number of rotatable bonds is 17. The van der Waals surface area contributed by atoms with Crippen molar-refractivity contribution < 1.29 is 19.0 Å². The predicted octanol–water partition coefficient (Wildman–Crippen LogP) is 8.75. The fraction of sp³-hybridized carbons (Fsp3) is 0.500. The van der Waals surface area contributed by atoms with Gasteiger partial charge in [0.15, 0.2) is 0 Å². The number of unbranched alkanes of at least 4 members (excludes halogenated alkanes) is 6. The topological polar surface area (TPSA) is 44.8 Å². The predicted molar refractivity (Wildman–Crippen MR) is 140 cm³/mol. The van der Waals surface area contributed by atoms with E-state index in [0.717, 1.165) is 24.5 Å². The highest BCUT2D eigenvalue weighted by Gasteiger charge is 2.09. The number of carbonyl (C=O) groups is 1. The summed E-state index contributed by atoms with van der Waals surface area (Å²) in [5.74, 6) is 2.31. The largest absolute Gasteiger partial charge is 0.494 e. The molecule has 1 unspecified atom stereocenters. The number of esters is 1. The van der Waals surface area contributed by atoms with Crippen molar-refractivity contribution in [1.82, 2.24) is 0 Å². The molecule has 2 aromatic carbocycles. The highest BCUT2D eigenvalue weighted by atomic mass is 16.5. The van der Waals surface area contributed by atoms with E-state index in [9.17, 15) is 4.79 Å². The smallest absolute Gasteiger partial charge is 0.343 e. The van der Waals surface area contributed by atoms with Crippen LogP contribution in [-0.4, -0.2) is 12.6 Å². The van der Waals surface area contributed by atoms with Crippen molar-refractivity contribution in [1.29, 1.82) is 0 Å². The Morgan fingerprint density at radius 3 is 2.18 bits per heavy atom. The van der Waals surface area contributed by atoms with Gasteiger partial charge in [0.1, 0.15) is 17.2 Å². The van der Waals surface area contributed by atoms with Crippen LogP contribution >= 0.6 is 0 Å². The van der Waals surface area contributed by atoms with Gasteiger partial charge in [-0.05, 0) is 86.2 Å². The van der Waals surface area contributed by atoms with Crippen molar-refractivity contribution in [2.24, 2.45) is 5.92 Å². The third-order valence-electron chi connectivity index (χ3n) is 5.96. The number of carbonyl (C=O) groups excluding carboxylic acids is 1. The minimum absolute atomic E-state index is 0.393. The van der Waals surface area contributed by atoms with E-state index < -0.39 is 5.97 Å². The lowest BCUT2D eigenvalue weighted by Gasteiger charge is -2.10. The van der Waals surface area contributed by atoms with Gasteiger partial charge in [-0.2, -0.15) is 0 Å². The molecule has 4 nitrogen and oxygen atoms in total. The fourth-order valence-corrected chi connectivity index (χ4v) is 3.50. The van der Waals surface area contributed by atoms with Crippen LogP contribution < -0.4 is 14.2 Å². The molecule has 0 aliphatic carbocycles. The van der Waals surface area contributed by atoms with E-state index >= 15 is 0 Å². The molecule has 186 valence electrons. The van der Waals surface area contributed by atoms with Crippen LogP contribution in [0.4, 0.5) is 0 Å². The van der Waals surface area contributed by atoms with Gasteiger partial charge in [-0.3, -0.25) is 0 Å². The van der Waals surface area contributed by atoms with E-state index in [2.05, 4.69) is 26.8 Å². The van der Waals surface area contributed by atoms with Crippen LogP contribution in [0, 0.1) is 5.92 Å². The molecule has 0 N–H and O–H groups in total. The summed E-state index contributed by atoms with van der Waals surface area (Å²) in [6.07, 6.45) is 16.0. The number of hydrogen-bond donors (Lipinski definition) is 0. The Hall–Kier alpha value is -2.75. The minimum Gasteiger partial charge on any atom is -0.494 e. The normalized spacial score (nSPS) is 12.0. The van der Waals surface area contributed by atoms with Crippen molar-refractivity contribution >= 4 is 5.97 Å². The number of allylic oxidation sites excluding steroid dienone is 1. The van der Waals surface area contributed by atoms with Crippen LogP contribution in [0.3, 0.4) is 0 Å². The van der Waals surface area contributed by atoms with Gasteiger partial charge in [-0.25, -0.2) is 4.79 Å². The van der Waals surface area contributed by atoms with Gasteiger partial charge in [0, 0.05) is 0 Å². The van der Waals surface area contributed by atoms with E-state index in [4.69, 9.17) is 14.2 Å². The second-order valence-corrected chi connectivity index (χ2v) is 8.94. The Bertz CT molecular complexity index is 824. The Balaban J connectivity index is 1.68. The van der Waals surface area contributed by atoms with E-state index in [-0.39, 0.29) is 0 Å². The first kappa shape index (κ1) is 27.5. The van der Waals surface area contributed by atoms with E-state index in [1.807, 2.05) is 12.1 Å². The third-order valence-corrected chi connectivity index (χ3v) is 5.96. The standard InChI is InChI=1S/C30H42O4/c1-4-6-7-8-9-10-11-12-23-32-28-19-21-29(22-20-28)34-30(31)26-15-17-27(18-16-26)33-24-13-14-25(3)5-2/h12,15-23,25H,4-11,13-14,24H2,1-3H3. The summed E-state index contributed by atoms with van der Waals surface area (Å²) in [6.45, 7) is 7.40. The molecule has 34 heavy (non-hydrogen) atoms. The Labute approximate surface area is 206 Å². The molecule has 2 aromatic rings. The van der Waals surface area contributed by atoms with E-state index in [0.29, 0.717) is 23.7 Å². The molecule has 0 saturated carbocycles. The summed E-state index contributed by atoms with van der Waals surface area (Å²) in [7, 11) is 0. The fourth-order valence-electron chi connectivity index (χ4n) is 3.50. The molecule has 0 aliphatic rings. The average molecular weight is 467 g/mol. The minimum atomic E-state index is -0.393. The quantitative estimate of drug-likeness (QED) is 0.101. The lowest BCUT2D eigenvalue weighted by Crippen LogP contribution is -2.08. The van der Waals surface area contributed by atoms with Gasteiger partial charge in [0.2, 0.25) is 0 Å². The number of ether oxygens (including phenoxy) is 3. The second-order valence-electron chi connectivity index (χ2n) is 8.94. The Morgan fingerprint density at radius 1 is 0.824 bits per heavy atom. The lowest BCUT2D eigenvalue weighted by molar-refractivity contribution is 0.0734. The summed E-state index contributed by atoms with van der Waals surface area (Å²) >= 11 is 0. The Morgan fingerprint density at radius 2 is 1.47 bits per heavy atom. The van der Waals surface area contributed by atoms with Crippen molar-refractivity contribution in [3.05, 3.63) is 66.4 Å². The van der Waals surface area contributed by atoms with Crippen molar-refractivity contribution in [2.75, 3.05) is 6.61 Å². The zero-order valence-corrected chi connectivity index (χ0v) is 21.3. The summed E-state index contributed by atoms with van der Waals surface area (Å²) < 4.78 is 16.9. The molecular formula is C30H42O4. The van der Waals surface area contributed by atoms with Crippen LogP contribution in [0.1, 0.15) is 95.3 Å². The Kier molecular flexibility index (Phi) is 13.6. The molecule has 0 saturated heterocycles. The van der Waals surface area contributed by atoms with Gasteiger partial charge in [0.25, 0.3) is 0 Å². The molecule has 4 heteroatoms. The van der Waals surface area contributed by atoms with Gasteiger partial charge in [-0.15, -0.1) is 0 Å². The molecule has 0 bridgehead atoms. The molecule has 0 amide bonds. The first-order valence-corrected chi connectivity index (χ1v) is 13.0. The molecular weight excluding hydrogens is 424 g/mol. The molecule has 0 radical (unpaired) electrons. The number of benzene rings is 2. The van der Waals surface area contributed by atoms with Gasteiger partial charge >= 0.3 is 5.97 Å². The molecule has 0 heterocycles. The third kappa shape index (κ3) is 11.4. The summed E-state index contributed by atoms with van der Waals surface area (Å²) in [4.78, 5) is 12.4. The SMILES string of the molecule is CCCCCCCCC=COc1ccc(OC(=O)c2ccc(OCCCC(C)CC)cc2)cc1. The highest BCUT2D eigenvalue weighted by Crippen LogP contribution is 2.20. The van der Waals surface area contributed by atoms with Crippen molar-refractivity contribution in [2.45, 2.75) is 85.0 Å². The highest BCUT2D eigenvalue weighted by molar-refractivity contribution is 5.91. The van der Waals surface area contributed by atoms with Crippen LogP contribution in [0.15, 0.2) is 60.9 Å². The van der Waals surface area contributed by atoms with Gasteiger partial charge in [0.05, 0.1) is 18.4 Å². The number of hydrogen-bond acceptors (Lipinski definition) is 4. The summed E-state index contributed by atoms with van der Waals surface area (Å²) in [5, 5.41) is 0. The van der Waals surface area contributed by atoms with Crippen LogP contribution in [0.5, 0.6) is 17.2 Å². The molecule has 0 aliphatic heterocycles. The second kappa shape index (κ2) is 16.8. The zero-order chi connectivity index (χ0) is 24.4. The van der Waals surface area contributed by atoms with Crippen LogP contribution in [-0.2, 0) is 0 Å². The average Bonchev–Trinajstić information content (AvgIpc) is 2.86. The molecule has 2 rings (SSSR count). The first-order valence-electron chi connectivity index (χ1n) is 13.0. The monoisotopic (exact) mass is 466 g/mol. The maximum atomic E-state index is 12.4. The van der Waals surface area contributed by atoms with E-state index in [1.165, 1.54) is 51.4 Å². The molecule has 0 spiro atoms. The van der Waals surface area contributed by atoms with Gasteiger partial charge < -0.3 is 14.2 Å². The molecule has 1 atom stereocenters. The van der Waals surface area contributed by atoms with E-state index in [1.54, 1.807) is 42.7 Å². The zero-order valence-electron chi connectivity index (χ0n) is 21.3. The lowest BCUT2D eigenvalue weighted by atomic mass is 10.0.